The average molecular weight is 274 g/mol. The van der Waals surface area contributed by atoms with Crippen LogP contribution >= 0.6 is 0 Å². The third-order valence-corrected chi connectivity index (χ3v) is 2.21. The summed E-state index contributed by atoms with van der Waals surface area (Å²) >= 11 is 0. The lowest BCUT2D eigenvalue weighted by atomic mass is 10.2. The number of hydrogen-bond donors (Lipinski definition) is 0. The fourth-order valence-electron chi connectivity index (χ4n) is 1.14. The van der Waals surface area contributed by atoms with E-state index in [1.54, 1.807) is 0 Å². The van der Waals surface area contributed by atoms with Crippen molar-refractivity contribution < 1.29 is 23.9 Å². The molecule has 0 saturated heterocycles. The van der Waals surface area contributed by atoms with Gasteiger partial charge in [-0.3, -0.25) is 4.79 Å². The molecule has 0 spiro atoms. The van der Waals surface area contributed by atoms with Gasteiger partial charge in [-0.1, -0.05) is 13.2 Å². The van der Waals surface area contributed by atoms with Gasteiger partial charge >= 0.3 is 11.9 Å². The number of benzene rings is 1. The van der Waals surface area contributed by atoms with Gasteiger partial charge in [-0.25, -0.2) is 9.59 Å². The van der Waals surface area contributed by atoms with Gasteiger partial charge in [0.2, 0.25) is 0 Å². The van der Waals surface area contributed by atoms with Crippen molar-refractivity contribution in [3.63, 3.8) is 0 Å². The maximum absolute atomic E-state index is 11.5. The van der Waals surface area contributed by atoms with Crippen molar-refractivity contribution in [1.82, 2.24) is 0 Å². The van der Waals surface area contributed by atoms with Crippen molar-refractivity contribution in [2.45, 2.75) is 13.8 Å². The van der Waals surface area contributed by atoms with Crippen LogP contribution in [0.25, 0.3) is 0 Å². The molecule has 0 atom stereocenters. The Bertz CT molecular complexity index is 598. The van der Waals surface area contributed by atoms with Gasteiger partial charge in [0.1, 0.15) is 6.29 Å². The van der Waals surface area contributed by atoms with Gasteiger partial charge in [-0.05, 0) is 32.0 Å². The van der Waals surface area contributed by atoms with Crippen LogP contribution < -0.4 is 9.47 Å². The summed E-state index contributed by atoms with van der Waals surface area (Å²) in [5, 5.41) is 0. The molecule has 0 N–H and O–H groups in total. The van der Waals surface area contributed by atoms with Gasteiger partial charge in [0.25, 0.3) is 0 Å². The number of carbonyl (C=O) groups excluding carboxylic acids is 3. The van der Waals surface area contributed by atoms with E-state index < -0.39 is 11.9 Å². The Morgan fingerprint density at radius 3 is 1.95 bits per heavy atom. The fraction of sp³-hybridized carbons (Fsp3) is 0.133. The van der Waals surface area contributed by atoms with Crippen LogP contribution in [0.3, 0.4) is 0 Å². The summed E-state index contributed by atoms with van der Waals surface area (Å²) in [4.78, 5) is 33.7. The lowest BCUT2D eigenvalue weighted by molar-refractivity contribution is -0.132. The minimum Gasteiger partial charge on any atom is -0.419 e. The summed E-state index contributed by atoms with van der Waals surface area (Å²) in [5.74, 6) is -1.34. The number of esters is 2. The van der Waals surface area contributed by atoms with Gasteiger partial charge in [0.15, 0.2) is 11.5 Å². The molecule has 0 heterocycles. The van der Waals surface area contributed by atoms with Crippen molar-refractivity contribution in [3.05, 3.63) is 48.1 Å². The molecule has 20 heavy (non-hydrogen) atoms. The minimum absolute atomic E-state index is 0.0261. The van der Waals surface area contributed by atoms with E-state index in [2.05, 4.69) is 13.2 Å². The molecule has 0 aromatic heterocycles. The van der Waals surface area contributed by atoms with Crippen LogP contribution in [-0.4, -0.2) is 18.2 Å². The molecule has 0 aliphatic carbocycles. The highest BCUT2D eigenvalue weighted by Gasteiger charge is 2.15. The fourth-order valence-corrected chi connectivity index (χ4v) is 1.14. The van der Waals surface area contributed by atoms with Gasteiger partial charge in [-0.2, -0.15) is 0 Å². The molecule has 0 amide bonds. The van der Waals surface area contributed by atoms with Crippen molar-refractivity contribution >= 4 is 18.2 Å². The molecule has 1 aromatic carbocycles. The molecule has 0 fully saturated rings. The van der Waals surface area contributed by atoms with Crippen LogP contribution in [0.1, 0.15) is 24.2 Å². The Hall–Kier alpha value is -2.69. The summed E-state index contributed by atoms with van der Waals surface area (Å²) in [5.41, 5.74) is 0.657. The average Bonchev–Trinajstić information content (AvgIpc) is 2.40. The molecule has 0 radical (unpaired) electrons. The number of aldehydes is 1. The molecule has 5 nitrogen and oxygen atoms in total. The van der Waals surface area contributed by atoms with Crippen LogP contribution in [0.2, 0.25) is 0 Å². The van der Waals surface area contributed by atoms with Gasteiger partial charge < -0.3 is 9.47 Å². The maximum Gasteiger partial charge on any atom is 0.338 e. The first-order valence-electron chi connectivity index (χ1n) is 5.69. The summed E-state index contributed by atoms with van der Waals surface area (Å²) < 4.78 is 10.1. The quantitative estimate of drug-likeness (QED) is 0.357. The molecule has 0 unspecified atom stereocenters. The molecule has 104 valence electrons. The lowest BCUT2D eigenvalue weighted by Gasteiger charge is -2.10. The van der Waals surface area contributed by atoms with E-state index in [-0.39, 0.29) is 28.2 Å². The second-order valence-corrected chi connectivity index (χ2v) is 4.16. The SMILES string of the molecule is C=C(C)C(=O)Oc1ccc(C=O)cc1OC(=O)C(=C)C. The topological polar surface area (TPSA) is 69.7 Å². The third kappa shape index (κ3) is 3.91. The Kier molecular flexibility index (Phi) is 4.97. The van der Waals surface area contributed by atoms with E-state index in [0.29, 0.717) is 6.29 Å². The van der Waals surface area contributed by atoms with Gasteiger partial charge in [-0.15, -0.1) is 0 Å². The second-order valence-electron chi connectivity index (χ2n) is 4.16. The van der Waals surface area contributed by atoms with Crippen molar-refractivity contribution in [1.29, 1.82) is 0 Å². The van der Waals surface area contributed by atoms with E-state index in [0.717, 1.165) is 0 Å². The Balaban J connectivity index is 3.12. The van der Waals surface area contributed by atoms with Crippen LogP contribution in [0.15, 0.2) is 42.5 Å². The minimum atomic E-state index is -0.680. The molecule has 1 aromatic rings. The molecule has 1 rings (SSSR count). The highest BCUT2D eigenvalue weighted by Crippen LogP contribution is 2.29. The van der Waals surface area contributed by atoms with E-state index >= 15 is 0 Å². The maximum atomic E-state index is 11.5. The van der Waals surface area contributed by atoms with Crippen LogP contribution in [0.4, 0.5) is 0 Å². The van der Waals surface area contributed by atoms with Crippen molar-refractivity contribution in [3.8, 4) is 11.5 Å². The Labute approximate surface area is 116 Å². The van der Waals surface area contributed by atoms with E-state index in [9.17, 15) is 14.4 Å². The zero-order chi connectivity index (χ0) is 15.3. The van der Waals surface area contributed by atoms with Crippen molar-refractivity contribution in [2.24, 2.45) is 0 Å². The first-order chi connectivity index (χ1) is 9.35. The molecule has 0 aliphatic rings. The predicted octanol–water partition coefficient (Wildman–Crippen LogP) is 2.46. The molecule has 0 bridgehead atoms. The van der Waals surface area contributed by atoms with Gasteiger partial charge in [0, 0.05) is 16.7 Å². The smallest absolute Gasteiger partial charge is 0.338 e. The summed E-state index contributed by atoms with van der Waals surface area (Å²) in [6.07, 6.45) is 0.586. The molecular weight excluding hydrogens is 260 g/mol. The molecular formula is C15H14O5. The number of carbonyl (C=O) groups is 3. The number of hydrogen-bond acceptors (Lipinski definition) is 5. The van der Waals surface area contributed by atoms with Crippen molar-refractivity contribution in [2.75, 3.05) is 0 Å². The summed E-state index contributed by atoms with van der Waals surface area (Å²) in [6.45, 7) is 9.86. The molecule has 5 heteroatoms. The zero-order valence-corrected chi connectivity index (χ0v) is 11.3. The van der Waals surface area contributed by atoms with Crippen LogP contribution in [0, 0.1) is 0 Å². The van der Waals surface area contributed by atoms with Gasteiger partial charge in [0.05, 0.1) is 0 Å². The summed E-state index contributed by atoms with van der Waals surface area (Å²) in [7, 11) is 0. The first-order valence-corrected chi connectivity index (χ1v) is 5.69. The highest BCUT2D eigenvalue weighted by atomic mass is 16.6. The number of ether oxygens (including phenoxy) is 2. The largest absolute Gasteiger partial charge is 0.419 e. The van der Waals surface area contributed by atoms with Crippen LogP contribution in [0.5, 0.6) is 11.5 Å². The summed E-state index contributed by atoms with van der Waals surface area (Å²) in [6, 6.07) is 4.10. The first kappa shape index (κ1) is 15.4. The highest BCUT2D eigenvalue weighted by molar-refractivity contribution is 5.91. The molecule has 0 saturated carbocycles. The third-order valence-electron chi connectivity index (χ3n) is 2.21. The van der Waals surface area contributed by atoms with Crippen LogP contribution in [-0.2, 0) is 9.59 Å². The molecule has 0 aliphatic heterocycles. The van der Waals surface area contributed by atoms with E-state index in [4.69, 9.17) is 9.47 Å². The van der Waals surface area contributed by atoms with E-state index in [1.165, 1.54) is 32.0 Å². The predicted molar refractivity (Wildman–Crippen MR) is 72.7 cm³/mol. The second kappa shape index (κ2) is 6.47. The monoisotopic (exact) mass is 274 g/mol. The lowest BCUT2D eigenvalue weighted by Crippen LogP contribution is -2.13. The normalized spacial score (nSPS) is 9.50. The standard InChI is InChI=1S/C15H14O5/c1-9(2)14(17)19-12-6-5-11(8-16)7-13(12)20-15(18)10(3)4/h5-8H,1,3H2,2,4H3. The number of rotatable bonds is 5. The Morgan fingerprint density at radius 1 is 1.00 bits per heavy atom. The zero-order valence-electron chi connectivity index (χ0n) is 11.3. The Morgan fingerprint density at radius 2 is 1.50 bits per heavy atom. The van der Waals surface area contributed by atoms with E-state index in [1.807, 2.05) is 0 Å².